The van der Waals surface area contributed by atoms with Gasteiger partial charge in [0.1, 0.15) is 5.88 Å². The number of carboxylic acid groups (broad SMARTS) is 1. The minimum absolute atomic E-state index is 0.0410. The third kappa shape index (κ3) is 4.08. The van der Waals surface area contributed by atoms with Gasteiger partial charge in [-0.3, -0.25) is 4.79 Å². The normalized spacial score (nSPS) is 11.6. The van der Waals surface area contributed by atoms with Crippen LogP contribution in [0.4, 0.5) is 0 Å². The van der Waals surface area contributed by atoms with Crippen LogP contribution in [0.15, 0.2) is 0 Å². The number of alkyl halides is 1. The van der Waals surface area contributed by atoms with E-state index in [1.807, 2.05) is 5.32 Å². The summed E-state index contributed by atoms with van der Waals surface area (Å²) < 4.78 is 4.43. The molecule has 0 fully saturated rings. The molecule has 1 amide bonds. The summed E-state index contributed by atoms with van der Waals surface area (Å²) in [5.74, 6) is -3.66. The molecule has 0 saturated carbocycles. The van der Waals surface area contributed by atoms with Crippen molar-refractivity contribution in [1.82, 2.24) is 5.32 Å². The Morgan fingerprint density at radius 1 is 1.50 bits per heavy atom. The Balaban J connectivity index is 4.36. The molecule has 0 aromatic heterocycles. The lowest BCUT2D eigenvalue weighted by Crippen LogP contribution is -2.47. The van der Waals surface area contributed by atoms with Crippen molar-refractivity contribution < 1.29 is 24.2 Å². The standard InChI is InChI=1S/C7H10ClNO5/c1-2-14-7(13)5(6(11)12)9-4(10)3-8/h5H,2-3H2,1H3,(H,9,10)(H,11,12). The molecular formula is C7H10ClNO5. The minimum atomic E-state index is -1.69. The van der Waals surface area contributed by atoms with Crippen LogP contribution in [0.3, 0.4) is 0 Å². The van der Waals surface area contributed by atoms with E-state index in [4.69, 9.17) is 16.7 Å². The van der Waals surface area contributed by atoms with Crippen molar-refractivity contribution in [2.45, 2.75) is 13.0 Å². The molecule has 0 aromatic carbocycles. The van der Waals surface area contributed by atoms with Crippen LogP contribution >= 0.6 is 11.6 Å². The van der Waals surface area contributed by atoms with E-state index in [9.17, 15) is 14.4 Å². The zero-order valence-corrected chi connectivity index (χ0v) is 8.21. The zero-order chi connectivity index (χ0) is 11.1. The molecule has 14 heavy (non-hydrogen) atoms. The predicted octanol–water partition coefficient (Wildman–Crippen LogP) is -0.642. The summed E-state index contributed by atoms with van der Waals surface area (Å²) in [7, 11) is 0. The molecule has 6 nitrogen and oxygen atoms in total. The van der Waals surface area contributed by atoms with Crippen molar-refractivity contribution in [2.75, 3.05) is 12.5 Å². The predicted molar refractivity (Wildman–Crippen MR) is 46.9 cm³/mol. The largest absolute Gasteiger partial charge is 0.479 e. The lowest BCUT2D eigenvalue weighted by molar-refractivity contribution is -0.156. The molecule has 0 rings (SSSR count). The van der Waals surface area contributed by atoms with E-state index in [0.717, 1.165) is 0 Å². The van der Waals surface area contributed by atoms with Crippen LogP contribution in [0, 0.1) is 0 Å². The zero-order valence-electron chi connectivity index (χ0n) is 7.45. The van der Waals surface area contributed by atoms with Gasteiger partial charge in [0.15, 0.2) is 0 Å². The number of aliphatic carboxylic acids is 1. The molecule has 0 bridgehead atoms. The number of hydrogen-bond acceptors (Lipinski definition) is 4. The molecule has 7 heteroatoms. The number of carboxylic acids is 1. The van der Waals surface area contributed by atoms with Crippen LogP contribution < -0.4 is 5.32 Å². The quantitative estimate of drug-likeness (QED) is 0.367. The molecule has 0 heterocycles. The summed E-state index contributed by atoms with van der Waals surface area (Å²) in [6, 6.07) is -1.69. The fourth-order valence-corrected chi connectivity index (χ4v) is 0.724. The fourth-order valence-electron chi connectivity index (χ4n) is 0.647. The van der Waals surface area contributed by atoms with Crippen molar-refractivity contribution in [3.05, 3.63) is 0 Å². The number of nitrogens with one attached hydrogen (secondary N) is 1. The van der Waals surface area contributed by atoms with Crippen LogP contribution in [-0.4, -0.2) is 41.5 Å². The third-order valence-corrected chi connectivity index (χ3v) is 1.44. The third-order valence-electron chi connectivity index (χ3n) is 1.20. The first-order valence-electron chi connectivity index (χ1n) is 3.77. The Kier molecular flexibility index (Phi) is 5.62. The highest BCUT2D eigenvalue weighted by Crippen LogP contribution is 1.91. The van der Waals surface area contributed by atoms with Gasteiger partial charge in [0.25, 0.3) is 0 Å². The van der Waals surface area contributed by atoms with Gasteiger partial charge in [-0.2, -0.15) is 0 Å². The van der Waals surface area contributed by atoms with E-state index in [1.54, 1.807) is 0 Å². The first-order chi connectivity index (χ1) is 6.52. The van der Waals surface area contributed by atoms with Crippen LogP contribution in [0.5, 0.6) is 0 Å². The van der Waals surface area contributed by atoms with Crippen molar-refractivity contribution >= 4 is 29.4 Å². The lowest BCUT2D eigenvalue weighted by Gasteiger charge is -2.11. The highest BCUT2D eigenvalue weighted by Gasteiger charge is 2.28. The van der Waals surface area contributed by atoms with Crippen molar-refractivity contribution in [3.63, 3.8) is 0 Å². The van der Waals surface area contributed by atoms with Gasteiger partial charge in [-0.1, -0.05) is 0 Å². The topological polar surface area (TPSA) is 92.7 Å². The monoisotopic (exact) mass is 223 g/mol. The molecule has 1 atom stereocenters. The maximum Gasteiger partial charge on any atom is 0.340 e. The van der Waals surface area contributed by atoms with Gasteiger partial charge in [0.05, 0.1) is 6.61 Å². The average Bonchev–Trinajstić information content (AvgIpc) is 2.13. The van der Waals surface area contributed by atoms with Gasteiger partial charge in [0.2, 0.25) is 11.9 Å². The second kappa shape index (κ2) is 6.20. The van der Waals surface area contributed by atoms with E-state index in [1.165, 1.54) is 6.92 Å². The first kappa shape index (κ1) is 12.7. The van der Waals surface area contributed by atoms with Gasteiger partial charge in [-0.15, -0.1) is 11.6 Å². The minimum Gasteiger partial charge on any atom is -0.479 e. The van der Waals surface area contributed by atoms with Crippen LogP contribution in [0.25, 0.3) is 0 Å². The van der Waals surface area contributed by atoms with Gasteiger partial charge < -0.3 is 15.2 Å². The summed E-state index contributed by atoms with van der Waals surface area (Å²) in [5, 5.41) is 10.5. The molecule has 0 aromatic rings. The smallest absolute Gasteiger partial charge is 0.340 e. The van der Waals surface area contributed by atoms with Crippen LogP contribution in [0.2, 0.25) is 0 Å². The van der Waals surface area contributed by atoms with Crippen LogP contribution in [-0.2, 0) is 19.1 Å². The Bertz CT molecular complexity index is 242. The highest BCUT2D eigenvalue weighted by atomic mass is 35.5. The summed E-state index contributed by atoms with van der Waals surface area (Å²) in [6.07, 6.45) is 0. The maximum absolute atomic E-state index is 11.0. The van der Waals surface area contributed by atoms with Crippen molar-refractivity contribution in [2.24, 2.45) is 0 Å². The molecule has 0 aliphatic carbocycles. The number of esters is 1. The second-order valence-electron chi connectivity index (χ2n) is 2.22. The summed E-state index contributed by atoms with van der Waals surface area (Å²) in [6.45, 7) is 1.57. The molecule has 0 spiro atoms. The Hall–Kier alpha value is -1.30. The van der Waals surface area contributed by atoms with Gasteiger partial charge in [-0.25, -0.2) is 9.59 Å². The Morgan fingerprint density at radius 3 is 2.43 bits per heavy atom. The van der Waals surface area contributed by atoms with Crippen molar-refractivity contribution in [1.29, 1.82) is 0 Å². The number of rotatable bonds is 5. The van der Waals surface area contributed by atoms with E-state index >= 15 is 0 Å². The number of ether oxygens (including phenoxy) is 1. The van der Waals surface area contributed by atoms with E-state index in [-0.39, 0.29) is 6.61 Å². The number of hydrogen-bond donors (Lipinski definition) is 2. The van der Waals surface area contributed by atoms with E-state index in [2.05, 4.69) is 4.74 Å². The Morgan fingerprint density at radius 2 is 2.07 bits per heavy atom. The van der Waals surface area contributed by atoms with Gasteiger partial charge in [0, 0.05) is 0 Å². The summed E-state index contributed by atoms with van der Waals surface area (Å²) >= 11 is 5.13. The molecule has 0 radical (unpaired) electrons. The number of carbonyl (C=O) groups is 3. The number of halogens is 1. The molecule has 1 unspecified atom stereocenters. The lowest BCUT2D eigenvalue weighted by atomic mass is 10.3. The highest BCUT2D eigenvalue weighted by molar-refractivity contribution is 6.27. The average molecular weight is 224 g/mol. The molecule has 80 valence electrons. The molecular weight excluding hydrogens is 214 g/mol. The second-order valence-corrected chi connectivity index (χ2v) is 2.49. The molecule has 0 aliphatic heterocycles. The van der Waals surface area contributed by atoms with Crippen LogP contribution in [0.1, 0.15) is 6.92 Å². The van der Waals surface area contributed by atoms with E-state index < -0.39 is 29.8 Å². The van der Waals surface area contributed by atoms with Gasteiger partial charge >= 0.3 is 11.9 Å². The maximum atomic E-state index is 11.0. The summed E-state index contributed by atoms with van der Waals surface area (Å²) in [5.41, 5.74) is 0. The van der Waals surface area contributed by atoms with Gasteiger partial charge in [-0.05, 0) is 6.92 Å². The van der Waals surface area contributed by atoms with E-state index in [0.29, 0.717) is 0 Å². The fraction of sp³-hybridized carbons (Fsp3) is 0.571. The summed E-state index contributed by atoms with van der Waals surface area (Å²) in [4.78, 5) is 32.2. The molecule has 2 N–H and O–H groups in total. The molecule has 0 saturated heterocycles. The first-order valence-corrected chi connectivity index (χ1v) is 4.31. The number of carbonyl (C=O) groups excluding carboxylic acids is 2. The SMILES string of the molecule is CCOC(=O)C(NC(=O)CCl)C(=O)O. The van der Waals surface area contributed by atoms with Crippen molar-refractivity contribution in [3.8, 4) is 0 Å². The molecule has 0 aliphatic rings. The number of amides is 1. The Labute approximate surface area is 85.2 Å².